The molecule has 0 amide bonds. The van der Waals surface area contributed by atoms with Gasteiger partial charge in [-0.15, -0.1) is 0 Å². The monoisotopic (exact) mass is 266 g/mol. The van der Waals surface area contributed by atoms with Crippen LogP contribution in [0, 0.1) is 11.8 Å². The van der Waals surface area contributed by atoms with Gasteiger partial charge in [0.2, 0.25) is 0 Å². The van der Waals surface area contributed by atoms with Crippen molar-refractivity contribution >= 4 is 5.97 Å². The maximum Gasteiger partial charge on any atom is 0.303 e. The molecule has 3 nitrogen and oxygen atoms in total. The van der Waals surface area contributed by atoms with Crippen LogP contribution in [-0.4, -0.2) is 22.3 Å². The molecule has 0 spiro atoms. The normalized spacial score (nSPS) is 24.1. The van der Waals surface area contributed by atoms with Crippen LogP contribution < -0.4 is 0 Å². The smallest absolute Gasteiger partial charge is 0.303 e. The van der Waals surface area contributed by atoms with Crippen LogP contribution in [0.25, 0.3) is 0 Å². The number of allylic oxidation sites excluding steroid dienone is 3. The molecule has 0 bridgehead atoms. The molecule has 0 aromatic rings. The maximum atomic E-state index is 10.3. The van der Waals surface area contributed by atoms with Gasteiger partial charge in [-0.1, -0.05) is 24.3 Å². The molecule has 0 aromatic heterocycles. The molecule has 1 saturated carbocycles. The summed E-state index contributed by atoms with van der Waals surface area (Å²) < 4.78 is 0. The number of hydrogen-bond donors (Lipinski definition) is 2. The van der Waals surface area contributed by atoms with Gasteiger partial charge in [-0.05, 0) is 57.3 Å². The van der Waals surface area contributed by atoms with Crippen molar-refractivity contribution in [1.29, 1.82) is 0 Å². The minimum absolute atomic E-state index is 0.269. The summed E-state index contributed by atoms with van der Waals surface area (Å²) in [5.74, 6) is 0.956. The van der Waals surface area contributed by atoms with Gasteiger partial charge in [-0.3, -0.25) is 4.79 Å². The SMILES string of the molecule is C[C@@H](O)/C=C/C[C@H]1C[C@H]1CC/C=C\CCCC(=O)O. The number of aliphatic hydroxyl groups excluding tert-OH is 1. The van der Waals surface area contributed by atoms with Crippen LogP contribution in [-0.2, 0) is 4.79 Å². The molecule has 1 aliphatic carbocycles. The Balaban J connectivity index is 1.94. The molecule has 1 rings (SSSR count). The Hall–Kier alpha value is -1.09. The molecule has 1 fully saturated rings. The summed E-state index contributed by atoms with van der Waals surface area (Å²) in [4.78, 5) is 10.3. The maximum absolute atomic E-state index is 10.3. The number of carboxylic acids is 1. The molecule has 0 radical (unpaired) electrons. The van der Waals surface area contributed by atoms with E-state index in [4.69, 9.17) is 10.2 Å². The van der Waals surface area contributed by atoms with Crippen LogP contribution in [0.1, 0.15) is 51.9 Å². The van der Waals surface area contributed by atoms with Crippen molar-refractivity contribution in [2.75, 3.05) is 0 Å². The Bertz CT molecular complexity index is 318. The van der Waals surface area contributed by atoms with Crippen LogP contribution in [0.15, 0.2) is 24.3 Å². The van der Waals surface area contributed by atoms with Crippen LogP contribution in [0.5, 0.6) is 0 Å². The van der Waals surface area contributed by atoms with Crippen LogP contribution >= 0.6 is 0 Å². The zero-order chi connectivity index (χ0) is 14.1. The van der Waals surface area contributed by atoms with Gasteiger partial charge in [0, 0.05) is 6.42 Å². The van der Waals surface area contributed by atoms with Crippen LogP contribution in [0.4, 0.5) is 0 Å². The fourth-order valence-corrected chi connectivity index (χ4v) is 2.32. The Morgan fingerprint density at radius 2 is 2.00 bits per heavy atom. The predicted molar refractivity (Wildman–Crippen MR) is 76.9 cm³/mol. The van der Waals surface area contributed by atoms with E-state index >= 15 is 0 Å². The summed E-state index contributed by atoms with van der Waals surface area (Å²) in [6.45, 7) is 1.77. The van der Waals surface area contributed by atoms with Gasteiger partial charge in [0.1, 0.15) is 0 Å². The summed E-state index contributed by atoms with van der Waals surface area (Å²) in [6, 6.07) is 0. The second-order valence-corrected chi connectivity index (χ2v) is 5.50. The highest BCUT2D eigenvalue weighted by Gasteiger charge is 2.34. The van der Waals surface area contributed by atoms with Gasteiger partial charge in [0.05, 0.1) is 6.10 Å². The molecule has 3 heteroatoms. The largest absolute Gasteiger partial charge is 0.481 e. The van der Waals surface area contributed by atoms with Gasteiger partial charge in [-0.25, -0.2) is 0 Å². The van der Waals surface area contributed by atoms with Gasteiger partial charge < -0.3 is 10.2 Å². The van der Waals surface area contributed by atoms with Crippen LogP contribution in [0.2, 0.25) is 0 Å². The first-order chi connectivity index (χ1) is 9.09. The van der Waals surface area contributed by atoms with E-state index in [0.717, 1.165) is 37.5 Å². The lowest BCUT2D eigenvalue weighted by atomic mass is 10.1. The van der Waals surface area contributed by atoms with Crippen molar-refractivity contribution in [2.24, 2.45) is 11.8 Å². The number of aliphatic hydroxyl groups is 1. The van der Waals surface area contributed by atoms with Gasteiger partial charge in [-0.2, -0.15) is 0 Å². The van der Waals surface area contributed by atoms with E-state index in [0.29, 0.717) is 0 Å². The van der Waals surface area contributed by atoms with Crippen molar-refractivity contribution in [3.63, 3.8) is 0 Å². The van der Waals surface area contributed by atoms with Crippen molar-refractivity contribution in [3.8, 4) is 0 Å². The number of rotatable bonds is 10. The average Bonchev–Trinajstić information content (AvgIpc) is 3.05. The number of hydrogen-bond acceptors (Lipinski definition) is 2. The molecule has 0 saturated heterocycles. The third-order valence-corrected chi connectivity index (χ3v) is 3.55. The van der Waals surface area contributed by atoms with Crippen molar-refractivity contribution in [2.45, 2.75) is 58.0 Å². The van der Waals surface area contributed by atoms with E-state index < -0.39 is 5.97 Å². The summed E-state index contributed by atoms with van der Waals surface area (Å²) >= 11 is 0. The minimum Gasteiger partial charge on any atom is -0.481 e. The fraction of sp³-hybridized carbons (Fsp3) is 0.688. The highest BCUT2D eigenvalue weighted by atomic mass is 16.4. The fourth-order valence-electron chi connectivity index (χ4n) is 2.32. The molecule has 0 unspecified atom stereocenters. The number of unbranched alkanes of at least 4 members (excludes halogenated alkanes) is 1. The molecule has 19 heavy (non-hydrogen) atoms. The number of aliphatic carboxylic acids is 1. The van der Waals surface area contributed by atoms with Crippen molar-refractivity contribution in [1.82, 2.24) is 0 Å². The van der Waals surface area contributed by atoms with Crippen LogP contribution in [0.3, 0.4) is 0 Å². The van der Waals surface area contributed by atoms with Gasteiger partial charge in [0.15, 0.2) is 0 Å². The average molecular weight is 266 g/mol. The number of carbonyl (C=O) groups is 1. The molecule has 3 atom stereocenters. The Morgan fingerprint density at radius 3 is 2.68 bits per heavy atom. The standard InChI is InChI=1S/C16H26O3/c1-13(17)8-7-10-15-12-14(15)9-5-3-2-4-6-11-16(18)19/h2-3,7-8,13-15,17H,4-6,9-12H2,1H3,(H,18,19)/b3-2-,8-7+/t13-,14-,15+/m1/s1. The quantitative estimate of drug-likeness (QED) is 0.469. The second-order valence-electron chi connectivity index (χ2n) is 5.50. The zero-order valence-electron chi connectivity index (χ0n) is 11.8. The van der Waals surface area contributed by atoms with E-state index in [1.54, 1.807) is 6.92 Å². The Labute approximate surface area is 116 Å². The van der Waals surface area contributed by atoms with E-state index in [1.807, 2.05) is 6.08 Å². The summed E-state index contributed by atoms with van der Waals surface area (Å²) in [5, 5.41) is 17.6. The van der Waals surface area contributed by atoms with Crippen molar-refractivity contribution in [3.05, 3.63) is 24.3 Å². The highest BCUT2D eigenvalue weighted by molar-refractivity contribution is 5.66. The third-order valence-electron chi connectivity index (χ3n) is 3.55. The summed E-state index contributed by atoms with van der Waals surface area (Å²) in [7, 11) is 0. The topological polar surface area (TPSA) is 57.5 Å². The van der Waals surface area contributed by atoms with Crippen molar-refractivity contribution < 1.29 is 15.0 Å². The Kier molecular flexibility index (Phi) is 7.49. The molecule has 2 N–H and O–H groups in total. The lowest BCUT2D eigenvalue weighted by Crippen LogP contribution is -1.92. The van der Waals surface area contributed by atoms with E-state index in [2.05, 4.69) is 18.2 Å². The first kappa shape index (κ1) is 16.0. The summed E-state index contributed by atoms with van der Waals surface area (Å²) in [6.07, 6.45) is 14.5. The zero-order valence-corrected chi connectivity index (χ0v) is 11.8. The lowest BCUT2D eigenvalue weighted by Gasteiger charge is -1.96. The second kappa shape index (κ2) is 8.92. The Morgan fingerprint density at radius 1 is 1.26 bits per heavy atom. The third kappa shape index (κ3) is 8.60. The molecule has 0 heterocycles. The molecule has 108 valence electrons. The first-order valence-corrected chi connectivity index (χ1v) is 7.31. The van der Waals surface area contributed by atoms with E-state index in [-0.39, 0.29) is 12.5 Å². The molecule has 1 aliphatic rings. The van der Waals surface area contributed by atoms with E-state index in [1.165, 1.54) is 12.8 Å². The van der Waals surface area contributed by atoms with E-state index in [9.17, 15) is 4.79 Å². The minimum atomic E-state index is -0.709. The van der Waals surface area contributed by atoms with Gasteiger partial charge >= 0.3 is 5.97 Å². The molecular formula is C16H26O3. The molecular weight excluding hydrogens is 240 g/mol. The number of carboxylic acid groups (broad SMARTS) is 1. The lowest BCUT2D eigenvalue weighted by molar-refractivity contribution is -0.137. The van der Waals surface area contributed by atoms with Gasteiger partial charge in [0.25, 0.3) is 0 Å². The highest BCUT2D eigenvalue weighted by Crippen LogP contribution is 2.44. The predicted octanol–water partition coefficient (Wildman–Crippen LogP) is 3.54. The summed E-state index contributed by atoms with van der Waals surface area (Å²) in [5.41, 5.74) is 0. The molecule has 0 aromatic carbocycles. The molecule has 0 aliphatic heterocycles. The first-order valence-electron chi connectivity index (χ1n) is 7.31.